The maximum atomic E-state index is 13.5. The quantitative estimate of drug-likeness (QED) is 0.127. The summed E-state index contributed by atoms with van der Waals surface area (Å²) in [7, 11) is 0. The average Bonchev–Trinajstić information content (AvgIpc) is 2.91. The van der Waals surface area contributed by atoms with Crippen LogP contribution in [0.3, 0.4) is 0 Å². The van der Waals surface area contributed by atoms with Crippen LogP contribution in [0.25, 0.3) is 0 Å². The number of ether oxygens (including phenoxy) is 2. The van der Waals surface area contributed by atoms with Crippen molar-refractivity contribution >= 4 is 29.8 Å². The molecule has 232 valence electrons. The molecule has 0 aromatic carbocycles. The zero-order valence-electron chi connectivity index (χ0n) is 24.4. The predicted octanol–water partition coefficient (Wildman–Crippen LogP) is -6.60. The Bertz CT molecular complexity index is 785. The molecule has 2 unspecified atom stereocenters. The summed E-state index contributed by atoms with van der Waals surface area (Å²) in [5.41, 5.74) is -3.13. The lowest BCUT2D eigenvalue weighted by Gasteiger charge is -2.34. The van der Waals surface area contributed by atoms with E-state index in [0.29, 0.717) is 0 Å². The number of carbonyl (C=O) groups is 5. The fraction of sp³-hybridized carbons (Fsp3) is 0.815. The smallest absolute Gasteiger partial charge is 0.328 e. The van der Waals surface area contributed by atoms with E-state index < -0.39 is 40.6 Å². The van der Waals surface area contributed by atoms with Crippen LogP contribution >= 0.6 is 0 Å². The third-order valence-corrected chi connectivity index (χ3v) is 8.09. The molecule has 0 aromatic heterocycles. The van der Waals surface area contributed by atoms with Gasteiger partial charge in [-0.2, -0.15) is 0 Å². The number of quaternary nitrogens is 2. The number of amides is 4. The van der Waals surface area contributed by atoms with Crippen LogP contribution in [-0.4, -0.2) is 82.3 Å². The Balaban J connectivity index is 0.00000760. The highest BCUT2D eigenvalue weighted by Gasteiger charge is 2.52. The molecule has 0 aliphatic carbocycles. The number of piperidine rings is 2. The van der Waals surface area contributed by atoms with Crippen LogP contribution < -0.4 is 45.2 Å². The van der Waals surface area contributed by atoms with Gasteiger partial charge in [-0.15, -0.1) is 0 Å². The van der Waals surface area contributed by atoms with Gasteiger partial charge in [0.1, 0.15) is 13.1 Å². The molecular formula is C27H48Cl2N4O7. The second-order valence-corrected chi connectivity index (χ2v) is 10.5. The minimum atomic E-state index is -1.57. The Hall–Kier alpha value is -1.95. The molecule has 2 saturated heterocycles. The van der Waals surface area contributed by atoms with Crippen molar-refractivity contribution in [2.45, 2.75) is 79.1 Å². The van der Waals surface area contributed by atoms with Crippen LogP contribution in [-0.2, 0) is 28.7 Å². The average molecular weight is 612 g/mol. The van der Waals surface area contributed by atoms with Crippen molar-refractivity contribution in [3.05, 3.63) is 0 Å². The molecule has 0 radical (unpaired) electrons. The Morgan fingerprint density at radius 2 is 0.925 bits per heavy atom. The molecule has 40 heavy (non-hydrogen) atoms. The van der Waals surface area contributed by atoms with E-state index in [0.717, 1.165) is 74.5 Å². The lowest BCUT2D eigenvalue weighted by molar-refractivity contribution is -0.909. The molecule has 4 N–H and O–H groups in total. The van der Waals surface area contributed by atoms with Gasteiger partial charge < -0.3 is 44.1 Å². The Kier molecular flexibility index (Phi) is 17.6. The molecule has 4 amide bonds. The van der Waals surface area contributed by atoms with Gasteiger partial charge in [-0.3, -0.25) is 29.8 Å². The first-order chi connectivity index (χ1) is 18.2. The van der Waals surface area contributed by atoms with Crippen molar-refractivity contribution in [2.24, 2.45) is 10.8 Å². The third kappa shape index (κ3) is 9.56. The largest absolute Gasteiger partial charge is 1.00 e. The molecule has 0 aromatic rings. The number of urea groups is 1. The molecule has 0 saturated carbocycles. The number of rotatable bonds is 12. The number of halogens is 2. The summed E-state index contributed by atoms with van der Waals surface area (Å²) in [4.78, 5) is 68.2. The highest BCUT2D eigenvalue weighted by atomic mass is 35.5. The molecular weight excluding hydrogens is 563 g/mol. The second kappa shape index (κ2) is 18.5. The number of nitrogens with one attached hydrogen (secondary N) is 4. The van der Waals surface area contributed by atoms with Crippen molar-refractivity contribution in [2.75, 3.05) is 52.5 Å². The zero-order valence-corrected chi connectivity index (χ0v) is 25.9. The predicted molar refractivity (Wildman–Crippen MR) is 139 cm³/mol. The monoisotopic (exact) mass is 610 g/mol. The van der Waals surface area contributed by atoms with Crippen LogP contribution in [0.1, 0.15) is 79.1 Å². The fourth-order valence-corrected chi connectivity index (χ4v) is 5.68. The van der Waals surface area contributed by atoms with Gasteiger partial charge in [0.25, 0.3) is 11.8 Å². The summed E-state index contributed by atoms with van der Waals surface area (Å²) in [6.45, 7) is 10.7. The standard InChI is InChI=1S/C27H46N4O7.2ClH/c1-5-26(23(34)37-7-3,19-30-15-11-9-12-16-30)21(32)28-25(36)29-22(33)27(6-2,24(35)38-8-4)20-31-17-13-10-14-18-31;;/h5-20H2,1-4H3,(H2,28,29,32,33,36);2*1H. The number of hydrogen-bond acceptors (Lipinski definition) is 7. The number of likely N-dealkylation sites (tertiary alicyclic amines) is 2. The van der Waals surface area contributed by atoms with Gasteiger partial charge in [0.05, 0.1) is 39.4 Å². The highest BCUT2D eigenvalue weighted by Crippen LogP contribution is 2.25. The van der Waals surface area contributed by atoms with Crippen LogP contribution in [0, 0.1) is 10.8 Å². The number of hydrogen-bond donors (Lipinski definition) is 4. The minimum Gasteiger partial charge on any atom is -1.00 e. The van der Waals surface area contributed by atoms with E-state index in [-0.39, 0.29) is 64.0 Å². The normalized spacial score (nSPS) is 18.9. The van der Waals surface area contributed by atoms with E-state index in [9.17, 15) is 24.0 Å². The summed E-state index contributed by atoms with van der Waals surface area (Å²) in [6, 6.07) is -1.06. The maximum Gasteiger partial charge on any atom is 0.328 e. The van der Waals surface area contributed by atoms with E-state index in [4.69, 9.17) is 9.47 Å². The second-order valence-electron chi connectivity index (χ2n) is 10.5. The first-order valence-corrected chi connectivity index (χ1v) is 14.4. The highest BCUT2D eigenvalue weighted by molar-refractivity contribution is 6.13. The molecule has 11 nitrogen and oxygen atoms in total. The SMILES string of the molecule is CCOC(=O)C(CC)(C[NH+]1CCCCC1)C(=O)NC(=O)NC(=O)C(CC)(C[NH+]1CCCCC1)C(=O)OCC.[Cl-].[Cl-]. The van der Waals surface area contributed by atoms with Gasteiger partial charge in [-0.05, 0) is 65.2 Å². The van der Waals surface area contributed by atoms with Crippen LogP contribution in [0.5, 0.6) is 0 Å². The first kappa shape index (κ1) is 38.0. The van der Waals surface area contributed by atoms with Gasteiger partial charge in [0.15, 0.2) is 10.8 Å². The molecule has 2 aliphatic rings. The summed E-state index contributed by atoms with van der Waals surface area (Å²) in [5, 5.41) is 4.44. The Morgan fingerprint density at radius 1 is 0.600 bits per heavy atom. The lowest BCUT2D eigenvalue weighted by atomic mass is 9.82. The van der Waals surface area contributed by atoms with E-state index in [1.54, 1.807) is 27.7 Å². The van der Waals surface area contributed by atoms with Crippen LogP contribution in [0.15, 0.2) is 0 Å². The summed E-state index contributed by atoms with van der Waals surface area (Å²) in [6.07, 6.45) is 6.50. The molecule has 13 heteroatoms. The lowest BCUT2D eigenvalue weighted by Crippen LogP contribution is -3.14. The van der Waals surface area contributed by atoms with E-state index in [1.165, 1.54) is 0 Å². The molecule has 0 bridgehead atoms. The minimum absolute atomic E-state index is 0. The summed E-state index contributed by atoms with van der Waals surface area (Å²) >= 11 is 0. The zero-order chi connectivity index (χ0) is 28.2. The van der Waals surface area contributed by atoms with Gasteiger partial charge >= 0.3 is 18.0 Å². The molecule has 2 heterocycles. The Labute approximate surface area is 250 Å². The topological polar surface area (TPSA) is 137 Å². The molecule has 2 aliphatic heterocycles. The van der Waals surface area contributed by atoms with Crippen molar-refractivity contribution in [3.63, 3.8) is 0 Å². The molecule has 2 rings (SSSR count). The number of imide groups is 2. The van der Waals surface area contributed by atoms with Gasteiger partial charge in [0, 0.05) is 0 Å². The van der Waals surface area contributed by atoms with E-state index >= 15 is 0 Å². The third-order valence-electron chi connectivity index (χ3n) is 8.09. The van der Waals surface area contributed by atoms with Crippen molar-refractivity contribution < 1.29 is 68.1 Å². The van der Waals surface area contributed by atoms with Gasteiger partial charge in [-0.1, -0.05) is 13.8 Å². The van der Waals surface area contributed by atoms with E-state index in [1.807, 2.05) is 0 Å². The molecule has 2 fully saturated rings. The van der Waals surface area contributed by atoms with E-state index in [2.05, 4.69) is 10.6 Å². The Morgan fingerprint density at radius 3 is 1.20 bits per heavy atom. The van der Waals surface area contributed by atoms with Gasteiger partial charge in [-0.25, -0.2) is 4.79 Å². The fourth-order valence-electron chi connectivity index (χ4n) is 5.68. The van der Waals surface area contributed by atoms with Crippen LogP contribution in [0.4, 0.5) is 4.79 Å². The molecule has 0 spiro atoms. The number of carbonyl (C=O) groups excluding carboxylic acids is 5. The summed E-state index contributed by atoms with van der Waals surface area (Å²) < 4.78 is 10.5. The van der Waals surface area contributed by atoms with Gasteiger partial charge in [0.2, 0.25) is 0 Å². The first-order valence-electron chi connectivity index (χ1n) is 14.4. The molecule has 2 atom stereocenters. The number of esters is 2. The maximum absolute atomic E-state index is 13.5. The summed E-state index contributed by atoms with van der Waals surface area (Å²) in [5.74, 6) is -2.97. The van der Waals surface area contributed by atoms with Crippen molar-refractivity contribution in [3.8, 4) is 0 Å². The van der Waals surface area contributed by atoms with Crippen molar-refractivity contribution in [1.29, 1.82) is 0 Å². The van der Waals surface area contributed by atoms with Crippen molar-refractivity contribution in [1.82, 2.24) is 10.6 Å². The van der Waals surface area contributed by atoms with Crippen LogP contribution in [0.2, 0.25) is 0 Å².